The molecule has 1 aliphatic rings. The van der Waals surface area contributed by atoms with Gasteiger partial charge in [0.25, 0.3) is 0 Å². The molecule has 1 aliphatic heterocycles. The van der Waals surface area contributed by atoms with E-state index in [0.717, 1.165) is 43.0 Å². The third-order valence-corrected chi connectivity index (χ3v) is 5.89. The van der Waals surface area contributed by atoms with Gasteiger partial charge in [0.1, 0.15) is 0 Å². The molecule has 0 saturated carbocycles. The van der Waals surface area contributed by atoms with Crippen molar-refractivity contribution in [2.45, 2.75) is 13.3 Å². The molecule has 7 heteroatoms. The van der Waals surface area contributed by atoms with Gasteiger partial charge in [0.05, 0.1) is 23.1 Å². The second-order valence-electron chi connectivity index (χ2n) is 7.29. The molecule has 0 unspecified atom stereocenters. The van der Waals surface area contributed by atoms with Crippen molar-refractivity contribution in [3.8, 4) is 6.07 Å². The summed E-state index contributed by atoms with van der Waals surface area (Å²) in [5.74, 6) is 0.537. The lowest BCUT2D eigenvalue weighted by atomic mass is 10.2. The van der Waals surface area contributed by atoms with Gasteiger partial charge in [-0.1, -0.05) is 12.1 Å². The summed E-state index contributed by atoms with van der Waals surface area (Å²) in [6.45, 7) is 5.00. The molecule has 0 aromatic heterocycles. The van der Waals surface area contributed by atoms with Crippen molar-refractivity contribution < 1.29 is 9.59 Å². The highest BCUT2D eigenvalue weighted by Crippen LogP contribution is 2.18. The predicted octanol–water partition coefficient (Wildman–Crippen LogP) is 3.28. The Morgan fingerprint density at radius 2 is 1.87 bits per heavy atom. The van der Waals surface area contributed by atoms with E-state index in [9.17, 15) is 9.59 Å². The van der Waals surface area contributed by atoms with Gasteiger partial charge in [0, 0.05) is 37.6 Å². The van der Waals surface area contributed by atoms with Gasteiger partial charge < -0.3 is 15.1 Å². The summed E-state index contributed by atoms with van der Waals surface area (Å²) in [6.07, 6.45) is 0.893. The van der Waals surface area contributed by atoms with Crippen LogP contribution in [0.3, 0.4) is 0 Å². The number of rotatable bonds is 6. The van der Waals surface area contributed by atoms with Crippen LogP contribution in [0.1, 0.15) is 17.5 Å². The number of aryl methyl sites for hydroxylation is 1. The number of nitrogens with one attached hydrogen (secondary N) is 1. The first-order valence-corrected chi connectivity index (χ1v) is 11.2. The predicted molar refractivity (Wildman–Crippen MR) is 122 cm³/mol. The van der Waals surface area contributed by atoms with Crippen molar-refractivity contribution in [3.05, 3.63) is 59.7 Å². The van der Waals surface area contributed by atoms with Crippen LogP contribution >= 0.6 is 11.8 Å². The molecule has 2 amide bonds. The van der Waals surface area contributed by atoms with Crippen LogP contribution in [-0.4, -0.2) is 54.4 Å². The van der Waals surface area contributed by atoms with E-state index in [-0.39, 0.29) is 17.6 Å². The van der Waals surface area contributed by atoms with E-state index in [0.29, 0.717) is 17.9 Å². The highest BCUT2D eigenvalue weighted by molar-refractivity contribution is 8.00. The zero-order chi connectivity index (χ0) is 21.3. The average Bonchev–Trinajstić information content (AvgIpc) is 3.00. The minimum absolute atomic E-state index is 0.0741. The molecule has 0 atom stereocenters. The lowest BCUT2D eigenvalue weighted by Gasteiger charge is -2.23. The Labute approximate surface area is 181 Å². The fourth-order valence-electron chi connectivity index (χ4n) is 3.41. The maximum Gasteiger partial charge on any atom is 0.234 e. The molecule has 0 spiro atoms. The van der Waals surface area contributed by atoms with E-state index in [4.69, 9.17) is 5.26 Å². The van der Waals surface area contributed by atoms with Crippen LogP contribution in [0.15, 0.2) is 48.5 Å². The topological polar surface area (TPSA) is 76.4 Å². The van der Waals surface area contributed by atoms with Crippen LogP contribution in [0, 0.1) is 18.3 Å². The molecule has 1 fully saturated rings. The maximum atomic E-state index is 12.6. The van der Waals surface area contributed by atoms with Gasteiger partial charge in [-0.3, -0.25) is 9.59 Å². The summed E-state index contributed by atoms with van der Waals surface area (Å²) in [4.78, 5) is 28.8. The Bertz CT molecular complexity index is 924. The van der Waals surface area contributed by atoms with Crippen LogP contribution in [0.25, 0.3) is 0 Å². The first-order valence-electron chi connectivity index (χ1n) is 10.0. The van der Waals surface area contributed by atoms with Crippen LogP contribution < -0.4 is 10.2 Å². The maximum absolute atomic E-state index is 12.6. The van der Waals surface area contributed by atoms with E-state index < -0.39 is 0 Å². The molecular formula is C23H26N4O2S. The number of anilines is 2. The molecule has 0 radical (unpaired) electrons. The summed E-state index contributed by atoms with van der Waals surface area (Å²) in [5, 5.41) is 11.8. The second kappa shape index (κ2) is 10.7. The number of carbonyl (C=O) groups excluding carboxylic acids is 2. The van der Waals surface area contributed by atoms with Crippen molar-refractivity contribution in [1.82, 2.24) is 4.90 Å². The van der Waals surface area contributed by atoms with Gasteiger partial charge >= 0.3 is 0 Å². The number of benzene rings is 2. The Balaban J connectivity index is 1.42. The number of nitrogens with zero attached hydrogens (tertiary/aromatic N) is 3. The Kier molecular flexibility index (Phi) is 7.75. The molecule has 30 heavy (non-hydrogen) atoms. The van der Waals surface area contributed by atoms with Gasteiger partial charge in [-0.05, 0) is 55.3 Å². The third kappa shape index (κ3) is 6.26. The lowest BCUT2D eigenvalue weighted by Crippen LogP contribution is -2.36. The van der Waals surface area contributed by atoms with Crippen LogP contribution in [0.4, 0.5) is 11.4 Å². The van der Waals surface area contributed by atoms with Gasteiger partial charge in [-0.15, -0.1) is 11.8 Å². The molecule has 6 nitrogen and oxygen atoms in total. The molecule has 1 heterocycles. The SMILES string of the molecule is Cc1cccc(NC(=O)CSCC(=O)N2CCCN(c3ccc(C#N)cc3)CC2)c1. The van der Waals surface area contributed by atoms with Crippen molar-refractivity contribution in [3.63, 3.8) is 0 Å². The number of hydrogen-bond acceptors (Lipinski definition) is 5. The quantitative estimate of drug-likeness (QED) is 0.773. The first kappa shape index (κ1) is 21.7. The molecule has 156 valence electrons. The Morgan fingerprint density at radius 3 is 2.60 bits per heavy atom. The zero-order valence-electron chi connectivity index (χ0n) is 17.1. The fraction of sp³-hybridized carbons (Fsp3) is 0.348. The average molecular weight is 423 g/mol. The van der Waals surface area contributed by atoms with Gasteiger partial charge in [0.2, 0.25) is 11.8 Å². The number of nitriles is 1. The van der Waals surface area contributed by atoms with E-state index in [1.54, 1.807) is 0 Å². The van der Waals surface area contributed by atoms with Crippen LogP contribution in [0.2, 0.25) is 0 Å². The van der Waals surface area contributed by atoms with E-state index in [1.165, 1.54) is 11.8 Å². The monoisotopic (exact) mass is 422 g/mol. The van der Waals surface area contributed by atoms with Crippen molar-refractivity contribution in [2.75, 3.05) is 47.9 Å². The normalized spacial score (nSPS) is 14.0. The van der Waals surface area contributed by atoms with Gasteiger partial charge in [-0.25, -0.2) is 0 Å². The molecule has 2 aromatic rings. The summed E-state index contributed by atoms with van der Waals surface area (Å²) < 4.78 is 0. The van der Waals surface area contributed by atoms with Crippen LogP contribution in [-0.2, 0) is 9.59 Å². The largest absolute Gasteiger partial charge is 0.370 e. The lowest BCUT2D eigenvalue weighted by molar-refractivity contribution is -0.128. The molecule has 1 N–H and O–H groups in total. The van der Waals surface area contributed by atoms with Crippen molar-refractivity contribution >= 4 is 35.0 Å². The molecular weight excluding hydrogens is 396 g/mol. The zero-order valence-corrected chi connectivity index (χ0v) is 18.0. The summed E-state index contributed by atoms with van der Waals surface area (Å²) in [6, 6.07) is 17.4. The van der Waals surface area contributed by atoms with E-state index in [1.807, 2.05) is 60.4 Å². The Morgan fingerprint density at radius 1 is 1.07 bits per heavy atom. The number of carbonyl (C=O) groups is 2. The number of amides is 2. The minimum atomic E-state index is -0.0961. The highest BCUT2D eigenvalue weighted by Gasteiger charge is 2.19. The summed E-state index contributed by atoms with van der Waals surface area (Å²) >= 11 is 1.35. The summed E-state index contributed by atoms with van der Waals surface area (Å²) in [5.41, 5.74) is 3.59. The molecule has 2 aromatic carbocycles. The third-order valence-electron chi connectivity index (χ3n) is 4.97. The Hall–Kier alpha value is -2.98. The van der Waals surface area contributed by atoms with Gasteiger partial charge in [0.15, 0.2) is 0 Å². The highest BCUT2D eigenvalue weighted by atomic mass is 32.2. The van der Waals surface area contributed by atoms with E-state index in [2.05, 4.69) is 16.3 Å². The van der Waals surface area contributed by atoms with Crippen LogP contribution in [0.5, 0.6) is 0 Å². The number of hydrogen-bond donors (Lipinski definition) is 1. The number of thioether (sulfide) groups is 1. The summed E-state index contributed by atoms with van der Waals surface area (Å²) in [7, 11) is 0. The molecule has 0 aliphatic carbocycles. The fourth-order valence-corrected chi connectivity index (χ4v) is 4.13. The molecule has 1 saturated heterocycles. The second-order valence-corrected chi connectivity index (χ2v) is 8.28. The van der Waals surface area contributed by atoms with Crippen molar-refractivity contribution in [2.24, 2.45) is 0 Å². The van der Waals surface area contributed by atoms with E-state index >= 15 is 0 Å². The molecule has 3 rings (SSSR count). The standard InChI is InChI=1S/C23H26N4O2S/c1-18-4-2-5-20(14-18)25-22(28)16-30-17-23(29)27-11-3-10-26(12-13-27)21-8-6-19(15-24)7-9-21/h2,4-9,14H,3,10-13,16-17H2,1H3,(H,25,28). The smallest absolute Gasteiger partial charge is 0.234 e. The van der Waals surface area contributed by atoms with Gasteiger partial charge in [-0.2, -0.15) is 5.26 Å². The van der Waals surface area contributed by atoms with Crippen molar-refractivity contribution in [1.29, 1.82) is 5.26 Å². The first-order chi connectivity index (χ1) is 14.5. The molecule has 0 bridgehead atoms. The minimum Gasteiger partial charge on any atom is -0.370 e.